The van der Waals surface area contributed by atoms with Gasteiger partial charge in [0.15, 0.2) is 0 Å². The highest BCUT2D eigenvalue weighted by Crippen LogP contribution is 2.39. The van der Waals surface area contributed by atoms with E-state index in [-0.39, 0.29) is 6.04 Å². The Labute approximate surface area is 124 Å². The normalized spacial score (nSPS) is 19.3. The predicted molar refractivity (Wildman–Crippen MR) is 79.5 cm³/mol. The number of halogens is 3. The number of benzene rings is 1. The number of nitrogens with one attached hydrogen (secondary N) is 1. The lowest BCUT2D eigenvalue weighted by atomic mass is 10.1. The topological polar surface area (TPSA) is 15.3 Å². The smallest absolute Gasteiger partial charge is 0.368 e. The van der Waals surface area contributed by atoms with E-state index in [1.165, 1.54) is 6.07 Å². The van der Waals surface area contributed by atoms with E-state index in [1.54, 1.807) is 12.1 Å². The molecule has 1 aliphatic heterocycles. The highest BCUT2D eigenvalue weighted by atomic mass is 19.4. The molecule has 1 heterocycles. The molecule has 1 aromatic rings. The van der Waals surface area contributed by atoms with Crippen LogP contribution in [0.2, 0.25) is 0 Å². The fourth-order valence-corrected chi connectivity index (χ4v) is 2.87. The van der Waals surface area contributed by atoms with Crippen molar-refractivity contribution in [3.8, 4) is 0 Å². The van der Waals surface area contributed by atoms with Crippen LogP contribution in [0.3, 0.4) is 0 Å². The molecular weight excluding hydrogens is 277 g/mol. The van der Waals surface area contributed by atoms with Crippen LogP contribution in [0, 0.1) is 0 Å². The van der Waals surface area contributed by atoms with E-state index in [4.69, 9.17) is 0 Å². The van der Waals surface area contributed by atoms with Crippen molar-refractivity contribution >= 4 is 5.69 Å². The van der Waals surface area contributed by atoms with Crippen LogP contribution in [0.25, 0.3) is 0 Å². The van der Waals surface area contributed by atoms with Crippen LogP contribution >= 0.6 is 0 Å². The van der Waals surface area contributed by atoms with Crippen molar-refractivity contribution in [1.82, 2.24) is 5.32 Å². The predicted octanol–water partition coefficient (Wildman–Crippen LogP) is 4.19. The Balaban J connectivity index is 2.28. The Hall–Kier alpha value is -1.23. The van der Waals surface area contributed by atoms with E-state index < -0.39 is 11.7 Å². The number of rotatable bonds is 5. The lowest BCUT2D eigenvalue weighted by Crippen LogP contribution is -2.29. The molecule has 1 atom stereocenters. The summed E-state index contributed by atoms with van der Waals surface area (Å²) in [7, 11) is 0. The molecule has 118 valence electrons. The Morgan fingerprint density at radius 3 is 2.67 bits per heavy atom. The summed E-state index contributed by atoms with van der Waals surface area (Å²) in [5.41, 5.74) is 0.505. The summed E-state index contributed by atoms with van der Waals surface area (Å²) < 4.78 is 40.1. The molecule has 1 aromatic carbocycles. The summed E-state index contributed by atoms with van der Waals surface area (Å²) in [4.78, 5) is 1.88. The number of hydrogen-bond acceptors (Lipinski definition) is 2. The molecule has 1 N–H and O–H groups in total. The zero-order valence-corrected chi connectivity index (χ0v) is 12.6. The van der Waals surface area contributed by atoms with E-state index in [1.807, 2.05) is 18.7 Å². The van der Waals surface area contributed by atoms with E-state index >= 15 is 0 Å². The second-order valence-electron chi connectivity index (χ2n) is 5.71. The molecule has 0 amide bonds. The van der Waals surface area contributed by atoms with Crippen molar-refractivity contribution in [3.05, 3.63) is 29.3 Å². The third-order valence-corrected chi connectivity index (χ3v) is 3.98. The molecule has 1 aliphatic rings. The van der Waals surface area contributed by atoms with Gasteiger partial charge in [-0.3, -0.25) is 0 Å². The highest BCUT2D eigenvalue weighted by Gasteiger charge is 2.36. The molecular formula is C16H23F3N2. The average molecular weight is 300 g/mol. The van der Waals surface area contributed by atoms with Crippen LogP contribution in [0.1, 0.15) is 44.2 Å². The quantitative estimate of drug-likeness (QED) is 0.820. The van der Waals surface area contributed by atoms with Gasteiger partial charge in [-0.25, -0.2) is 0 Å². The summed E-state index contributed by atoms with van der Waals surface area (Å²) in [6, 6.07) is 4.91. The SMILES string of the molecule is CCCNCc1ccc(N2CCCC2C)c(C(F)(F)F)c1. The maximum absolute atomic E-state index is 13.4. The minimum Gasteiger partial charge on any atom is -0.368 e. The van der Waals surface area contributed by atoms with Gasteiger partial charge in [0, 0.05) is 24.8 Å². The fourth-order valence-electron chi connectivity index (χ4n) is 2.87. The van der Waals surface area contributed by atoms with Gasteiger partial charge in [-0.1, -0.05) is 13.0 Å². The van der Waals surface area contributed by atoms with Crippen LogP contribution < -0.4 is 10.2 Å². The number of alkyl halides is 3. The van der Waals surface area contributed by atoms with Gasteiger partial charge < -0.3 is 10.2 Å². The monoisotopic (exact) mass is 300 g/mol. The van der Waals surface area contributed by atoms with E-state index in [2.05, 4.69) is 5.32 Å². The van der Waals surface area contributed by atoms with Crippen LogP contribution in [-0.2, 0) is 12.7 Å². The standard InChI is InChI=1S/C16H23F3N2/c1-3-8-20-11-13-6-7-15(14(10-13)16(17,18)19)21-9-4-5-12(21)2/h6-7,10,12,20H,3-5,8-9,11H2,1-2H3. The van der Waals surface area contributed by atoms with Crippen LogP contribution in [0.15, 0.2) is 18.2 Å². The van der Waals surface area contributed by atoms with Gasteiger partial charge in [0.2, 0.25) is 0 Å². The van der Waals surface area contributed by atoms with Gasteiger partial charge in [-0.05, 0) is 50.4 Å². The molecule has 21 heavy (non-hydrogen) atoms. The molecule has 0 saturated carbocycles. The molecule has 2 rings (SSSR count). The summed E-state index contributed by atoms with van der Waals surface area (Å²) in [5.74, 6) is 0. The van der Waals surface area contributed by atoms with Crippen molar-refractivity contribution in [2.45, 2.75) is 51.9 Å². The van der Waals surface area contributed by atoms with Gasteiger partial charge in [-0.15, -0.1) is 0 Å². The average Bonchev–Trinajstić information content (AvgIpc) is 2.84. The van der Waals surface area contributed by atoms with Crippen LogP contribution in [-0.4, -0.2) is 19.1 Å². The minimum absolute atomic E-state index is 0.176. The zero-order valence-electron chi connectivity index (χ0n) is 12.6. The van der Waals surface area contributed by atoms with Crippen molar-refractivity contribution in [3.63, 3.8) is 0 Å². The lowest BCUT2D eigenvalue weighted by Gasteiger charge is -2.27. The van der Waals surface area contributed by atoms with E-state index in [9.17, 15) is 13.2 Å². The van der Waals surface area contributed by atoms with Crippen LogP contribution in [0.5, 0.6) is 0 Å². The van der Waals surface area contributed by atoms with Gasteiger partial charge in [0.1, 0.15) is 0 Å². The maximum Gasteiger partial charge on any atom is 0.418 e. The molecule has 1 unspecified atom stereocenters. The van der Waals surface area contributed by atoms with Gasteiger partial charge in [0.25, 0.3) is 0 Å². The summed E-state index contributed by atoms with van der Waals surface area (Å²) in [6.45, 7) is 6.02. The molecule has 0 bridgehead atoms. The molecule has 0 spiro atoms. The van der Waals surface area contributed by atoms with Crippen molar-refractivity contribution in [1.29, 1.82) is 0 Å². The number of hydrogen-bond donors (Lipinski definition) is 1. The number of anilines is 1. The summed E-state index contributed by atoms with van der Waals surface area (Å²) in [6.07, 6.45) is -1.43. The highest BCUT2D eigenvalue weighted by molar-refractivity contribution is 5.57. The first-order valence-electron chi connectivity index (χ1n) is 7.61. The van der Waals surface area contributed by atoms with E-state index in [0.29, 0.717) is 24.3 Å². The zero-order chi connectivity index (χ0) is 15.5. The third-order valence-electron chi connectivity index (χ3n) is 3.98. The molecule has 1 saturated heterocycles. The molecule has 1 fully saturated rings. The van der Waals surface area contributed by atoms with Crippen molar-refractivity contribution < 1.29 is 13.2 Å². The van der Waals surface area contributed by atoms with Gasteiger partial charge in [-0.2, -0.15) is 13.2 Å². The Kier molecular flexibility index (Phi) is 5.14. The Morgan fingerprint density at radius 1 is 1.33 bits per heavy atom. The van der Waals surface area contributed by atoms with Gasteiger partial charge >= 0.3 is 6.18 Å². The fraction of sp³-hybridized carbons (Fsp3) is 0.625. The largest absolute Gasteiger partial charge is 0.418 e. The van der Waals surface area contributed by atoms with Crippen molar-refractivity contribution in [2.24, 2.45) is 0 Å². The third kappa shape index (κ3) is 3.90. The minimum atomic E-state index is -4.31. The molecule has 5 heteroatoms. The molecule has 0 radical (unpaired) electrons. The van der Waals surface area contributed by atoms with Crippen LogP contribution in [0.4, 0.5) is 18.9 Å². The first kappa shape index (κ1) is 16.1. The second-order valence-corrected chi connectivity index (χ2v) is 5.71. The first-order chi connectivity index (χ1) is 9.93. The molecule has 2 nitrogen and oxygen atoms in total. The summed E-state index contributed by atoms with van der Waals surface area (Å²) in [5, 5.41) is 3.15. The number of nitrogens with zero attached hydrogens (tertiary/aromatic N) is 1. The lowest BCUT2D eigenvalue weighted by molar-refractivity contribution is -0.137. The second kappa shape index (κ2) is 6.69. The van der Waals surface area contributed by atoms with Crippen molar-refractivity contribution in [2.75, 3.05) is 18.0 Å². The Bertz CT molecular complexity index is 471. The first-order valence-corrected chi connectivity index (χ1v) is 7.61. The Morgan fingerprint density at radius 2 is 2.10 bits per heavy atom. The molecule has 0 aliphatic carbocycles. The molecule has 0 aromatic heterocycles. The van der Waals surface area contributed by atoms with E-state index in [0.717, 1.165) is 25.8 Å². The maximum atomic E-state index is 13.4. The van der Waals surface area contributed by atoms with Gasteiger partial charge in [0.05, 0.1) is 5.56 Å². The summed E-state index contributed by atoms with van der Waals surface area (Å²) >= 11 is 0.